The molecule has 0 atom stereocenters. The zero-order valence-electron chi connectivity index (χ0n) is 15.9. The average Bonchev–Trinajstić information content (AvgIpc) is 2.60. The van der Waals surface area contributed by atoms with Crippen molar-refractivity contribution in [2.24, 2.45) is 0 Å². The molecule has 0 fully saturated rings. The highest BCUT2D eigenvalue weighted by atomic mass is 19.3. The number of halogens is 2. The molecule has 0 spiro atoms. The first-order chi connectivity index (χ1) is 13.4. The highest BCUT2D eigenvalue weighted by Gasteiger charge is 2.13. The minimum absolute atomic E-state index is 0.00956. The van der Waals surface area contributed by atoms with Crippen molar-refractivity contribution in [3.63, 3.8) is 0 Å². The van der Waals surface area contributed by atoms with E-state index in [-0.39, 0.29) is 11.5 Å². The molecule has 28 heavy (non-hydrogen) atoms. The van der Waals surface area contributed by atoms with E-state index in [9.17, 15) is 13.6 Å². The van der Waals surface area contributed by atoms with Crippen molar-refractivity contribution >= 4 is 11.0 Å². The minimum atomic E-state index is -2.93. The third kappa shape index (κ3) is 4.67. The number of rotatable bonds is 7. The summed E-state index contributed by atoms with van der Waals surface area (Å²) in [7, 11) is 3.28. The topological polar surface area (TPSA) is 51.9 Å². The maximum atomic E-state index is 12.6. The Hall–Kier alpha value is -2.93. The van der Waals surface area contributed by atoms with Gasteiger partial charge in [0.25, 0.3) is 0 Å². The molecule has 0 saturated heterocycles. The number of aryl methyl sites for hydroxylation is 1. The summed E-state index contributed by atoms with van der Waals surface area (Å²) in [6, 6.07) is 12.1. The molecule has 5 nitrogen and oxygen atoms in total. The number of hydrogen-bond acceptors (Lipinski definition) is 5. The van der Waals surface area contributed by atoms with Crippen LogP contribution in [0, 0.1) is 6.92 Å². The van der Waals surface area contributed by atoms with Gasteiger partial charge in [0.15, 0.2) is 11.5 Å². The van der Waals surface area contributed by atoms with Crippen molar-refractivity contribution in [2.45, 2.75) is 26.6 Å². The number of ether oxygens (including phenoxy) is 2. The highest BCUT2D eigenvalue weighted by Crippen LogP contribution is 2.30. The van der Waals surface area contributed by atoms with Gasteiger partial charge >= 0.3 is 12.2 Å². The molecular weight excluding hydrogens is 368 g/mol. The van der Waals surface area contributed by atoms with E-state index in [1.807, 2.05) is 37.1 Å². The van der Waals surface area contributed by atoms with Crippen LogP contribution < -0.4 is 15.1 Å². The molecule has 0 aliphatic carbocycles. The molecule has 0 radical (unpaired) electrons. The van der Waals surface area contributed by atoms with Crippen LogP contribution in [0.1, 0.15) is 16.7 Å². The Morgan fingerprint density at radius 3 is 2.57 bits per heavy atom. The van der Waals surface area contributed by atoms with Crippen molar-refractivity contribution in [2.75, 3.05) is 14.2 Å². The Morgan fingerprint density at radius 1 is 1.07 bits per heavy atom. The average molecular weight is 389 g/mol. The van der Waals surface area contributed by atoms with Crippen LogP contribution in [0.3, 0.4) is 0 Å². The van der Waals surface area contributed by atoms with Crippen molar-refractivity contribution in [1.82, 2.24) is 4.90 Å². The van der Waals surface area contributed by atoms with Gasteiger partial charge in [0.05, 0.1) is 7.11 Å². The second-order valence-electron chi connectivity index (χ2n) is 6.63. The molecule has 0 aliphatic heterocycles. The van der Waals surface area contributed by atoms with Gasteiger partial charge in [-0.1, -0.05) is 18.2 Å². The van der Waals surface area contributed by atoms with Crippen LogP contribution >= 0.6 is 0 Å². The Labute approximate surface area is 161 Å². The lowest BCUT2D eigenvalue weighted by molar-refractivity contribution is -0.0512. The maximum absolute atomic E-state index is 12.6. The molecule has 2 aromatic carbocycles. The first-order valence-corrected chi connectivity index (χ1v) is 8.69. The van der Waals surface area contributed by atoms with Crippen LogP contribution in [0.2, 0.25) is 0 Å². The van der Waals surface area contributed by atoms with Gasteiger partial charge in [-0.2, -0.15) is 8.78 Å². The van der Waals surface area contributed by atoms with E-state index in [1.165, 1.54) is 19.2 Å². The van der Waals surface area contributed by atoms with E-state index in [1.54, 1.807) is 12.1 Å². The van der Waals surface area contributed by atoms with E-state index in [2.05, 4.69) is 4.74 Å². The summed E-state index contributed by atoms with van der Waals surface area (Å²) in [4.78, 5) is 13.9. The van der Waals surface area contributed by atoms with E-state index < -0.39 is 12.2 Å². The largest absolute Gasteiger partial charge is 0.493 e. The highest BCUT2D eigenvalue weighted by molar-refractivity contribution is 5.80. The van der Waals surface area contributed by atoms with E-state index in [0.717, 1.165) is 22.1 Å². The first kappa shape index (κ1) is 19.8. The molecule has 0 saturated carbocycles. The zero-order valence-corrected chi connectivity index (χ0v) is 15.9. The lowest BCUT2D eigenvalue weighted by atomic mass is 10.1. The van der Waals surface area contributed by atoms with Crippen molar-refractivity contribution in [3.8, 4) is 11.5 Å². The molecular formula is C21H21F2NO4. The number of alkyl halides is 2. The van der Waals surface area contributed by atoms with Gasteiger partial charge in [-0.25, -0.2) is 4.79 Å². The zero-order chi connectivity index (χ0) is 20.3. The van der Waals surface area contributed by atoms with Gasteiger partial charge in [-0.15, -0.1) is 0 Å². The van der Waals surface area contributed by atoms with Gasteiger partial charge < -0.3 is 13.9 Å². The van der Waals surface area contributed by atoms with E-state index in [0.29, 0.717) is 18.7 Å². The fraction of sp³-hybridized carbons (Fsp3) is 0.286. The molecule has 1 aromatic heterocycles. The number of nitrogens with zero attached hydrogens (tertiary/aromatic N) is 1. The quantitative estimate of drug-likeness (QED) is 0.563. The first-order valence-electron chi connectivity index (χ1n) is 8.69. The van der Waals surface area contributed by atoms with Gasteiger partial charge in [-0.3, -0.25) is 4.90 Å². The lowest BCUT2D eigenvalue weighted by Gasteiger charge is -2.19. The fourth-order valence-electron chi connectivity index (χ4n) is 3.13. The van der Waals surface area contributed by atoms with Crippen LogP contribution in [0.15, 0.2) is 51.7 Å². The van der Waals surface area contributed by atoms with E-state index >= 15 is 0 Å². The third-order valence-corrected chi connectivity index (χ3v) is 4.32. The molecule has 3 aromatic rings. The summed E-state index contributed by atoms with van der Waals surface area (Å²) in [6.07, 6.45) is 0. The predicted octanol–water partition coefficient (Wildman–Crippen LogP) is 4.34. The number of fused-ring (bicyclic) bond motifs is 1. The summed E-state index contributed by atoms with van der Waals surface area (Å²) in [6.45, 7) is -0.0411. The molecule has 0 N–H and O–H groups in total. The summed E-state index contributed by atoms with van der Waals surface area (Å²) in [5, 5.41) is 0.869. The standard InChI is InChI=1S/C21H21F2NO4/c1-13-4-6-16-15(10-20(25)27-18(16)8-13)12-24(2)11-14-5-7-17(26-3)19(9-14)28-21(22)23/h4-10,21H,11-12H2,1-3H3. The van der Waals surface area contributed by atoms with Crippen LogP contribution in [-0.2, 0) is 13.1 Å². The number of methoxy groups -OCH3 is 1. The fourth-order valence-corrected chi connectivity index (χ4v) is 3.13. The summed E-state index contributed by atoms with van der Waals surface area (Å²) >= 11 is 0. The van der Waals surface area contributed by atoms with Crippen molar-refractivity contribution < 1.29 is 22.7 Å². The minimum Gasteiger partial charge on any atom is -0.493 e. The Kier molecular flexibility index (Phi) is 5.94. The second-order valence-corrected chi connectivity index (χ2v) is 6.63. The molecule has 3 rings (SSSR count). The Bertz CT molecular complexity index is 1030. The second kappa shape index (κ2) is 8.39. The molecule has 0 amide bonds. The van der Waals surface area contributed by atoms with Crippen LogP contribution in [0.25, 0.3) is 11.0 Å². The van der Waals surface area contributed by atoms with Crippen LogP contribution in [-0.4, -0.2) is 25.7 Å². The maximum Gasteiger partial charge on any atom is 0.387 e. The van der Waals surface area contributed by atoms with Crippen LogP contribution in [0.5, 0.6) is 11.5 Å². The monoisotopic (exact) mass is 389 g/mol. The number of benzene rings is 2. The molecule has 7 heteroatoms. The molecule has 0 bridgehead atoms. The SMILES string of the molecule is COc1ccc(CN(C)Cc2cc(=O)oc3cc(C)ccc23)cc1OC(F)F. The number of hydrogen-bond donors (Lipinski definition) is 0. The summed E-state index contributed by atoms with van der Waals surface area (Å²) in [5.74, 6) is 0.235. The van der Waals surface area contributed by atoms with Crippen molar-refractivity contribution in [1.29, 1.82) is 0 Å². The lowest BCUT2D eigenvalue weighted by Crippen LogP contribution is -2.18. The van der Waals surface area contributed by atoms with Gasteiger partial charge in [0.1, 0.15) is 5.58 Å². The van der Waals surface area contributed by atoms with Gasteiger partial charge in [0.2, 0.25) is 0 Å². The smallest absolute Gasteiger partial charge is 0.387 e. The van der Waals surface area contributed by atoms with E-state index in [4.69, 9.17) is 9.15 Å². The molecule has 1 heterocycles. The van der Waals surface area contributed by atoms with Crippen molar-refractivity contribution in [3.05, 3.63) is 69.6 Å². The summed E-state index contributed by atoms with van der Waals surface area (Å²) < 4.78 is 40.1. The Morgan fingerprint density at radius 2 is 1.86 bits per heavy atom. The molecule has 148 valence electrons. The normalized spacial score (nSPS) is 11.4. The molecule has 0 aliphatic rings. The van der Waals surface area contributed by atoms with Crippen LogP contribution in [0.4, 0.5) is 8.78 Å². The predicted molar refractivity (Wildman–Crippen MR) is 102 cm³/mol. The third-order valence-electron chi connectivity index (χ3n) is 4.32. The Balaban J connectivity index is 1.82. The van der Waals surface area contributed by atoms with Gasteiger partial charge in [0, 0.05) is 24.5 Å². The summed E-state index contributed by atoms with van der Waals surface area (Å²) in [5.41, 5.74) is 2.77. The van der Waals surface area contributed by atoms with Gasteiger partial charge in [-0.05, 0) is 48.9 Å². The molecule has 0 unspecified atom stereocenters.